The molecule has 20 heavy (non-hydrogen) atoms. The molecule has 0 aliphatic carbocycles. The zero-order valence-corrected chi connectivity index (χ0v) is 11.6. The molecule has 1 heterocycles. The van der Waals surface area contributed by atoms with Gasteiger partial charge >= 0.3 is 0 Å². The van der Waals surface area contributed by atoms with Gasteiger partial charge in [0.05, 0.1) is 5.69 Å². The Bertz CT molecular complexity index is 552. The summed E-state index contributed by atoms with van der Waals surface area (Å²) in [6.45, 7) is 4.76. The van der Waals surface area contributed by atoms with Crippen LogP contribution in [0.3, 0.4) is 0 Å². The largest absolute Gasteiger partial charge is 0.326 e. The molecular weight excluding hydrogens is 256 g/mol. The highest BCUT2D eigenvalue weighted by atomic mass is 16.1. The first-order valence-electron chi connectivity index (χ1n) is 6.52. The molecule has 0 saturated carbocycles. The van der Waals surface area contributed by atoms with Crippen LogP contribution in [0, 0.1) is 0 Å². The first kappa shape index (κ1) is 14.1. The van der Waals surface area contributed by atoms with Crippen LogP contribution in [0.4, 0.5) is 5.69 Å². The fourth-order valence-corrected chi connectivity index (χ4v) is 1.70. The van der Waals surface area contributed by atoms with E-state index in [-0.39, 0.29) is 5.91 Å². The first-order chi connectivity index (χ1) is 9.65. The topological polar surface area (TPSA) is 84.7 Å². The maximum atomic E-state index is 11.8. The molecule has 0 aliphatic heterocycles. The van der Waals surface area contributed by atoms with Crippen LogP contribution in [-0.4, -0.2) is 38.7 Å². The summed E-state index contributed by atoms with van der Waals surface area (Å²) in [4.78, 5) is 11.8. The number of hydrogen-bond acceptors (Lipinski definition) is 5. The number of carbonyl (C=O) groups excluding carboxylic acids is 1. The van der Waals surface area contributed by atoms with Crippen molar-refractivity contribution in [2.45, 2.75) is 26.3 Å². The second-order valence-corrected chi connectivity index (χ2v) is 4.71. The molecule has 0 spiro atoms. The number of nitrogens with zero attached hydrogens (tertiary/aromatic N) is 4. The van der Waals surface area contributed by atoms with E-state index in [0.717, 1.165) is 11.4 Å². The van der Waals surface area contributed by atoms with Crippen molar-refractivity contribution in [3.63, 3.8) is 0 Å². The van der Waals surface area contributed by atoms with Crippen LogP contribution in [0.5, 0.6) is 0 Å². The normalized spacial score (nSPS) is 10.8. The number of anilines is 1. The molecule has 1 aromatic heterocycles. The molecule has 1 aromatic carbocycles. The molecule has 0 unspecified atom stereocenters. The number of aromatic nitrogens is 4. The number of amides is 1. The van der Waals surface area contributed by atoms with E-state index in [4.69, 9.17) is 0 Å². The predicted molar refractivity (Wildman–Crippen MR) is 75.5 cm³/mol. The van der Waals surface area contributed by atoms with Gasteiger partial charge in [0.25, 0.3) is 0 Å². The maximum Gasteiger partial charge on any atom is 0.225 e. The third-order valence-corrected chi connectivity index (χ3v) is 2.65. The van der Waals surface area contributed by atoms with Crippen molar-refractivity contribution < 1.29 is 4.79 Å². The Kier molecular flexibility index (Phi) is 4.78. The van der Waals surface area contributed by atoms with Crippen LogP contribution in [0.2, 0.25) is 0 Å². The van der Waals surface area contributed by atoms with Gasteiger partial charge in [0.2, 0.25) is 5.91 Å². The molecule has 1 amide bonds. The van der Waals surface area contributed by atoms with Gasteiger partial charge < -0.3 is 10.6 Å². The van der Waals surface area contributed by atoms with Crippen molar-refractivity contribution >= 4 is 11.6 Å². The molecule has 2 rings (SSSR count). The Morgan fingerprint density at radius 3 is 2.95 bits per heavy atom. The van der Waals surface area contributed by atoms with Crippen molar-refractivity contribution in [1.29, 1.82) is 0 Å². The Labute approximate surface area is 117 Å². The summed E-state index contributed by atoms with van der Waals surface area (Å²) in [5, 5.41) is 17.0. The van der Waals surface area contributed by atoms with Gasteiger partial charge in [-0.1, -0.05) is 19.9 Å². The van der Waals surface area contributed by atoms with E-state index in [1.54, 1.807) is 0 Å². The Morgan fingerprint density at radius 2 is 2.25 bits per heavy atom. The van der Waals surface area contributed by atoms with E-state index >= 15 is 0 Å². The molecule has 0 radical (unpaired) electrons. The quantitative estimate of drug-likeness (QED) is 0.820. The van der Waals surface area contributed by atoms with Gasteiger partial charge in [-0.25, -0.2) is 4.68 Å². The summed E-state index contributed by atoms with van der Waals surface area (Å²) in [5.41, 5.74) is 1.53. The van der Waals surface area contributed by atoms with Gasteiger partial charge in [-0.2, -0.15) is 0 Å². The van der Waals surface area contributed by atoms with Gasteiger partial charge in [-0.3, -0.25) is 4.79 Å². The molecule has 0 aliphatic rings. The molecule has 106 valence electrons. The third-order valence-electron chi connectivity index (χ3n) is 2.65. The summed E-state index contributed by atoms with van der Waals surface area (Å²) >= 11 is 0. The monoisotopic (exact) mass is 274 g/mol. The lowest BCUT2D eigenvalue weighted by molar-refractivity contribution is -0.116. The summed E-state index contributed by atoms with van der Waals surface area (Å²) in [6.07, 6.45) is 1.95. The fourth-order valence-electron chi connectivity index (χ4n) is 1.70. The van der Waals surface area contributed by atoms with Gasteiger partial charge in [0.1, 0.15) is 6.33 Å². The zero-order valence-electron chi connectivity index (χ0n) is 11.6. The van der Waals surface area contributed by atoms with Gasteiger partial charge in [0, 0.05) is 24.7 Å². The smallest absolute Gasteiger partial charge is 0.225 e. The minimum atomic E-state index is -0.0213. The number of benzene rings is 1. The summed E-state index contributed by atoms with van der Waals surface area (Å²) in [7, 11) is 0. The average molecular weight is 274 g/mol. The minimum absolute atomic E-state index is 0.0213. The second-order valence-electron chi connectivity index (χ2n) is 4.71. The van der Waals surface area contributed by atoms with E-state index < -0.39 is 0 Å². The van der Waals surface area contributed by atoms with Crippen molar-refractivity contribution in [1.82, 2.24) is 25.5 Å². The van der Waals surface area contributed by atoms with Crippen LogP contribution < -0.4 is 10.6 Å². The minimum Gasteiger partial charge on any atom is -0.326 e. The van der Waals surface area contributed by atoms with Crippen LogP contribution >= 0.6 is 0 Å². The highest BCUT2D eigenvalue weighted by molar-refractivity contribution is 5.91. The Balaban J connectivity index is 1.93. The number of hydrogen-bond donors (Lipinski definition) is 2. The van der Waals surface area contributed by atoms with E-state index in [9.17, 15) is 4.79 Å². The van der Waals surface area contributed by atoms with Crippen LogP contribution in [-0.2, 0) is 4.79 Å². The fraction of sp³-hybridized carbons (Fsp3) is 0.385. The third kappa shape index (κ3) is 4.13. The molecule has 0 saturated heterocycles. The number of carbonyl (C=O) groups is 1. The van der Waals surface area contributed by atoms with Crippen molar-refractivity contribution in [2.24, 2.45) is 0 Å². The molecule has 0 atom stereocenters. The molecular formula is C13H18N6O. The van der Waals surface area contributed by atoms with Crippen molar-refractivity contribution in [3.05, 3.63) is 30.6 Å². The van der Waals surface area contributed by atoms with E-state index in [0.29, 0.717) is 19.0 Å². The van der Waals surface area contributed by atoms with Gasteiger partial charge in [-0.15, -0.1) is 5.10 Å². The molecule has 0 bridgehead atoms. The summed E-state index contributed by atoms with van der Waals surface area (Å²) in [5.74, 6) is -0.0213. The van der Waals surface area contributed by atoms with E-state index in [1.165, 1.54) is 11.0 Å². The van der Waals surface area contributed by atoms with Crippen LogP contribution in [0.1, 0.15) is 20.3 Å². The van der Waals surface area contributed by atoms with Gasteiger partial charge in [0.15, 0.2) is 0 Å². The maximum absolute atomic E-state index is 11.8. The van der Waals surface area contributed by atoms with E-state index in [2.05, 4.69) is 26.2 Å². The number of nitrogens with one attached hydrogen (secondary N) is 2. The Hall–Kier alpha value is -2.28. The standard InChI is InChI=1S/C13H18N6O/c1-10(2)14-7-6-13(20)16-11-4-3-5-12(8-11)19-9-15-17-18-19/h3-5,8-10,14H,6-7H2,1-2H3,(H,16,20). The molecule has 0 fully saturated rings. The average Bonchev–Trinajstić information content (AvgIpc) is 2.92. The molecule has 2 N–H and O–H groups in total. The van der Waals surface area contributed by atoms with Crippen LogP contribution in [0.25, 0.3) is 5.69 Å². The highest BCUT2D eigenvalue weighted by Crippen LogP contribution is 2.13. The summed E-state index contributed by atoms with van der Waals surface area (Å²) in [6, 6.07) is 7.75. The molecule has 2 aromatic rings. The molecule has 7 heteroatoms. The Morgan fingerprint density at radius 1 is 1.40 bits per heavy atom. The first-order valence-corrected chi connectivity index (χ1v) is 6.52. The molecule has 7 nitrogen and oxygen atoms in total. The lowest BCUT2D eigenvalue weighted by Crippen LogP contribution is -2.27. The lowest BCUT2D eigenvalue weighted by atomic mass is 10.2. The van der Waals surface area contributed by atoms with Crippen molar-refractivity contribution in [3.8, 4) is 5.69 Å². The van der Waals surface area contributed by atoms with E-state index in [1.807, 2.05) is 38.1 Å². The highest BCUT2D eigenvalue weighted by Gasteiger charge is 2.04. The van der Waals surface area contributed by atoms with Crippen LogP contribution in [0.15, 0.2) is 30.6 Å². The zero-order chi connectivity index (χ0) is 14.4. The van der Waals surface area contributed by atoms with Crippen molar-refractivity contribution in [2.75, 3.05) is 11.9 Å². The SMILES string of the molecule is CC(C)NCCC(=O)Nc1cccc(-n2cnnn2)c1. The second kappa shape index (κ2) is 6.76. The van der Waals surface area contributed by atoms with Gasteiger partial charge in [-0.05, 0) is 28.6 Å². The summed E-state index contributed by atoms with van der Waals surface area (Å²) < 4.78 is 1.54. The lowest BCUT2D eigenvalue weighted by Gasteiger charge is -2.09. The predicted octanol–water partition coefficient (Wildman–Crippen LogP) is 0.989. The number of rotatable bonds is 6. The number of tetrazole rings is 1.